The molecule has 1 aromatic heterocycles. The highest BCUT2D eigenvalue weighted by Gasteiger charge is 2.16. The van der Waals surface area contributed by atoms with E-state index in [0.717, 1.165) is 50.1 Å². The van der Waals surface area contributed by atoms with E-state index in [1.807, 2.05) is 12.1 Å². The van der Waals surface area contributed by atoms with Crippen molar-refractivity contribution in [1.29, 1.82) is 0 Å². The van der Waals surface area contributed by atoms with E-state index < -0.39 is 0 Å². The SMILES string of the molecule is c1ccc(-c2ccc(-c3ccc(N(c4ccc(-c5ccccc5)cc4)c4ccc(-c5cccc6c5oc5ccccc56)cc4)cc3)cc2)cc1. The van der Waals surface area contributed by atoms with Crippen LogP contribution < -0.4 is 4.90 Å². The number of rotatable bonds is 7. The van der Waals surface area contributed by atoms with Gasteiger partial charge in [0.25, 0.3) is 0 Å². The highest BCUT2D eigenvalue weighted by molar-refractivity contribution is 6.09. The first-order valence-electron chi connectivity index (χ1n) is 17.0. The number of anilines is 3. The fraction of sp³-hybridized carbons (Fsp3) is 0. The molecule has 0 radical (unpaired) electrons. The van der Waals surface area contributed by atoms with Crippen molar-refractivity contribution in [2.45, 2.75) is 0 Å². The van der Waals surface area contributed by atoms with Crippen LogP contribution in [0.1, 0.15) is 0 Å². The molecule has 0 saturated carbocycles. The molecule has 9 aromatic rings. The average Bonchev–Trinajstić information content (AvgIpc) is 3.59. The molecule has 236 valence electrons. The van der Waals surface area contributed by atoms with Gasteiger partial charge in [0.2, 0.25) is 0 Å². The summed E-state index contributed by atoms with van der Waals surface area (Å²) in [6.45, 7) is 0. The summed E-state index contributed by atoms with van der Waals surface area (Å²) < 4.78 is 6.37. The Balaban J connectivity index is 1.07. The molecule has 0 aliphatic heterocycles. The number of fused-ring (bicyclic) bond motifs is 3. The highest BCUT2D eigenvalue weighted by atomic mass is 16.3. The quantitative estimate of drug-likeness (QED) is 0.173. The van der Waals surface area contributed by atoms with Crippen molar-refractivity contribution in [3.8, 4) is 44.5 Å². The molecule has 0 N–H and O–H groups in total. The minimum absolute atomic E-state index is 0.910. The van der Waals surface area contributed by atoms with Gasteiger partial charge in [-0.05, 0) is 81.4 Å². The van der Waals surface area contributed by atoms with Crippen LogP contribution in [0.4, 0.5) is 17.1 Å². The molecule has 0 bridgehead atoms. The summed E-state index contributed by atoms with van der Waals surface area (Å²) in [7, 11) is 0. The zero-order valence-electron chi connectivity index (χ0n) is 27.4. The van der Waals surface area contributed by atoms with Gasteiger partial charge < -0.3 is 9.32 Å². The van der Waals surface area contributed by atoms with E-state index in [1.165, 1.54) is 33.4 Å². The lowest BCUT2D eigenvalue weighted by Crippen LogP contribution is -2.09. The second kappa shape index (κ2) is 12.8. The van der Waals surface area contributed by atoms with Gasteiger partial charge in [-0.15, -0.1) is 0 Å². The van der Waals surface area contributed by atoms with E-state index in [0.29, 0.717) is 0 Å². The number of hydrogen-bond acceptors (Lipinski definition) is 2. The van der Waals surface area contributed by atoms with Crippen LogP contribution in [-0.2, 0) is 0 Å². The first kappa shape index (κ1) is 29.5. The third-order valence-corrected chi connectivity index (χ3v) is 9.52. The van der Waals surface area contributed by atoms with Gasteiger partial charge in [-0.2, -0.15) is 0 Å². The Hall–Kier alpha value is -6.64. The summed E-state index contributed by atoms with van der Waals surface area (Å²) in [5, 5.41) is 2.28. The summed E-state index contributed by atoms with van der Waals surface area (Å²) in [5.41, 5.74) is 14.5. The van der Waals surface area contributed by atoms with Crippen molar-refractivity contribution < 1.29 is 4.42 Å². The minimum atomic E-state index is 0.910. The number of nitrogens with zero attached hydrogens (tertiary/aromatic N) is 1. The molecule has 0 spiro atoms. The fourth-order valence-corrected chi connectivity index (χ4v) is 6.93. The van der Waals surface area contributed by atoms with E-state index >= 15 is 0 Å². The first-order valence-corrected chi connectivity index (χ1v) is 17.0. The molecule has 50 heavy (non-hydrogen) atoms. The summed E-state index contributed by atoms with van der Waals surface area (Å²) in [5.74, 6) is 0. The number of hydrogen-bond donors (Lipinski definition) is 0. The third-order valence-electron chi connectivity index (χ3n) is 9.52. The Morgan fingerprint density at radius 2 is 0.660 bits per heavy atom. The molecule has 0 amide bonds. The lowest BCUT2D eigenvalue weighted by atomic mass is 9.99. The summed E-state index contributed by atoms with van der Waals surface area (Å²) in [6.07, 6.45) is 0. The predicted molar refractivity (Wildman–Crippen MR) is 210 cm³/mol. The molecule has 0 aliphatic rings. The fourth-order valence-electron chi connectivity index (χ4n) is 6.93. The Morgan fingerprint density at radius 1 is 0.280 bits per heavy atom. The van der Waals surface area contributed by atoms with Gasteiger partial charge in [0, 0.05) is 33.4 Å². The summed E-state index contributed by atoms with van der Waals surface area (Å²) in [4.78, 5) is 2.32. The lowest BCUT2D eigenvalue weighted by molar-refractivity contribution is 0.670. The molecule has 1 heterocycles. The van der Waals surface area contributed by atoms with Gasteiger partial charge in [0.1, 0.15) is 11.2 Å². The van der Waals surface area contributed by atoms with Crippen LogP contribution in [-0.4, -0.2) is 0 Å². The first-order chi connectivity index (χ1) is 24.8. The second-order valence-corrected chi connectivity index (χ2v) is 12.6. The Morgan fingerprint density at radius 3 is 1.16 bits per heavy atom. The molecule has 0 fully saturated rings. The molecular formula is C48H33NO. The van der Waals surface area contributed by atoms with Crippen molar-refractivity contribution in [1.82, 2.24) is 0 Å². The van der Waals surface area contributed by atoms with Gasteiger partial charge in [-0.1, -0.05) is 158 Å². The maximum absolute atomic E-state index is 6.37. The molecule has 0 aliphatic carbocycles. The molecule has 9 rings (SSSR count). The summed E-state index contributed by atoms with van der Waals surface area (Å²) in [6, 6.07) is 71.0. The Bertz CT molecular complexity index is 2530. The van der Waals surface area contributed by atoms with E-state index in [1.54, 1.807) is 0 Å². The van der Waals surface area contributed by atoms with E-state index in [2.05, 4.69) is 193 Å². The topological polar surface area (TPSA) is 16.4 Å². The predicted octanol–water partition coefficient (Wildman–Crippen LogP) is 13.7. The molecular weight excluding hydrogens is 607 g/mol. The van der Waals surface area contributed by atoms with Crippen molar-refractivity contribution in [3.63, 3.8) is 0 Å². The lowest BCUT2D eigenvalue weighted by Gasteiger charge is -2.26. The van der Waals surface area contributed by atoms with Crippen LogP contribution in [0.2, 0.25) is 0 Å². The third kappa shape index (κ3) is 5.53. The Labute approximate surface area is 292 Å². The van der Waals surface area contributed by atoms with Gasteiger partial charge in [-0.3, -0.25) is 0 Å². The zero-order valence-corrected chi connectivity index (χ0v) is 27.4. The van der Waals surface area contributed by atoms with Gasteiger partial charge in [0.15, 0.2) is 0 Å². The minimum Gasteiger partial charge on any atom is -0.455 e. The van der Waals surface area contributed by atoms with Crippen LogP contribution in [0.3, 0.4) is 0 Å². The second-order valence-electron chi connectivity index (χ2n) is 12.6. The smallest absolute Gasteiger partial charge is 0.143 e. The van der Waals surface area contributed by atoms with Crippen molar-refractivity contribution >= 4 is 39.0 Å². The maximum atomic E-state index is 6.37. The van der Waals surface area contributed by atoms with Crippen LogP contribution in [0.25, 0.3) is 66.4 Å². The maximum Gasteiger partial charge on any atom is 0.143 e. The number of para-hydroxylation sites is 2. The molecule has 8 aromatic carbocycles. The number of furan rings is 1. The van der Waals surface area contributed by atoms with Crippen molar-refractivity contribution in [2.75, 3.05) is 4.90 Å². The van der Waals surface area contributed by atoms with Crippen LogP contribution in [0.15, 0.2) is 205 Å². The highest BCUT2D eigenvalue weighted by Crippen LogP contribution is 2.40. The molecule has 2 heteroatoms. The van der Waals surface area contributed by atoms with Crippen molar-refractivity contribution in [3.05, 3.63) is 200 Å². The van der Waals surface area contributed by atoms with Crippen LogP contribution in [0, 0.1) is 0 Å². The normalized spacial score (nSPS) is 11.2. The monoisotopic (exact) mass is 639 g/mol. The standard InChI is InChI=1S/C48H33NO/c1-3-10-34(11-4-1)36-18-20-37(21-19-36)39-24-30-42(31-25-39)49(41-28-22-38(23-29-41)35-12-5-2-6-13-35)43-32-26-40(27-33-43)44-15-9-16-46-45-14-7-8-17-47(45)50-48(44)46/h1-33H. The van der Waals surface area contributed by atoms with E-state index in [-0.39, 0.29) is 0 Å². The van der Waals surface area contributed by atoms with Gasteiger partial charge >= 0.3 is 0 Å². The van der Waals surface area contributed by atoms with Crippen LogP contribution >= 0.6 is 0 Å². The Kier molecular flexibility index (Phi) is 7.53. The molecule has 0 atom stereocenters. The zero-order chi connectivity index (χ0) is 33.3. The molecule has 0 saturated heterocycles. The van der Waals surface area contributed by atoms with Crippen molar-refractivity contribution in [2.24, 2.45) is 0 Å². The van der Waals surface area contributed by atoms with Crippen LogP contribution in [0.5, 0.6) is 0 Å². The molecule has 2 nitrogen and oxygen atoms in total. The van der Waals surface area contributed by atoms with Gasteiger partial charge in [0.05, 0.1) is 0 Å². The largest absolute Gasteiger partial charge is 0.455 e. The average molecular weight is 640 g/mol. The van der Waals surface area contributed by atoms with E-state index in [9.17, 15) is 0 Å². The van der Waals surface area contributed by atoms with Gasteiger partial charge in [-0.25, -0.2) is 0 Å². The summed E-state index contributed by atoms with van der Waals surface area (Å²) >= 11 is 0. The molecule has 0 unspecified atom stereocenters. The van der Waals surface area contributed by atoms with E-state index in [4.69, 9.17) is 4.42 Å². The number of benzene rings is 8.